The van der Waals surface area contributed by atoms with Crippen LogP contribution < -0.4 is 0 Å². The molecule has 1 fully saturated rings. The van der Waals surface area contributed by atoms with Gasteiger partial charge in [-0.15, -0.1) is 0 Å². The maximum absolute atomic E-state index is 15.3. The number of benzene rings is 2. The Morgan fingerprint density at radius 3 is 2.48 bits per heavy atom. The largest absolute Gasteiger partial charge is 0.481 e. The third-order valence-corrected chi connectivity index (χ3v) is 8.11. The molecule has 1 saturated carbocycles. The number of carboxylic acids is 1. The van der Waals surface area contributed by atoms with Crippen LogP contribution in [0.5, 0.6) is 0 Å². The van der Waals surface area contributed by atoms with Crippen molar-refractivity contribution in [3.63, 3.8) is 0 Å². The second-order valence-electron chi connectivity index (χ2n) is 10.7. The fraction of sp³-hybridized carbons (Fsp3) is 0.226. The normalized spacial score (nSPS) is 21.3. The summed E-state index contributed by atoms with van der Waals surface area (Å²) in [6.07, 6.45) is 2.25. The van der Waals surface area contributed by atoms with Crippen molar-refractivity contribution in [2.75, 3.05) is 6.54 Å². The van der Waals surface area contributed by atoms with Crippen molar-refractivity contribution >= 4 is 17.5 Å². The molecule has 4 atom stereocenters. The molecular weight excluding hydrogens is 542 g/mol. The standard InChI is InChI=1S/C31H24F2N6O3/c1-16-18-5-2-3-6-19(18)24(33)15-38(16)30(40)26-13-27(29-34-9-4-10-35-29)39-28(36-26)14-25(37-39)20-8-7-17(11-23(20)32)21-12-22(21)31(41)42/h2-11,13-14,16,21-22,24H,12,15H2,1H3,(H,41,42)/t16-,21-,22+,24?/m1/s1. The first-order chi connectivity index (χ1) is 20.3. The highest BCUT2D eigenvalue weighted by Gasteiger charge is 2.44. The van der Waals surface area contributed by atoms with E-state index in [0.29, 0.717) is 23.2 Å². The van der Waals surface area contributed by atoms with E-state index >= 15 is 8.78 Å². The zero-order valence-electron chi connectivity index (χ0n) is 22.4. The van der Waals surface area contributed by atoms with E-state index in [0.717, 1.165) is 5.56 Å². The number of alkyl halides is 1. The van der Waals surface area contributed by atoms with Crippen molar-refractivity contribution in [1.29, 1.82) is 0 Å². The Morgan fingerprint density at radius 1 is 1.00 bits per heavy atom. The fourth-order valence-corrected chi connectivity index (χ4v) is 5.79. The molecule has 2 aromatic carbocycles. The number of nitrogens with zero attached hydrogens (tertiary/aromatic N) is 6. The minimum atomic E-state index is -1.34. The number of aromatic nitrogens is 5. The van der Waals surface area contributed by atoms with Crippen molar-refractivity contribution in [3.05, 3.63) is 101 Å². The quantitative estimate of drug-likeness (QED) is 0.303. The molecule has 0 bridgehead atoms. The van der Waals surface area contributed by atoms with Gasteiger partial charge in [-0.3, -0.25) is 9.59 Å². The molecule has 1 aliphatic heterocycles. The Bertz CT molecular complexity index is 1880. The van der Waals surface area contributed by atoms with Gasteiger partial charge in [0.1, 0.15) is 23.4 Å². The highest BCUT2D eigenvalue weighted by molar-refractivity contribution is 5.94. The summed E-state index contributed by atoms with van der Waals surface area (Å²) in [5.74, 6) is -2.33. The van der Waals surface area contributed by atoms with Crippen molar-refractivity contribution < 1.29 is 23.5 Å². The van der Waals surface area contributed by atoms with Crippen LogP contribution in [0.25, 0.3) is 28.4 Å². The number of hydrogen-bond acceptors (Lipinski definition) is 6. The van der Waals surface area contributed by atoms with Crippen LogP contribution in [0.15, 0.2) is 73.1 Å². The summed E-state index contributed by atoms with van der Waals surface area (Å²) in [7, 11) is 0. The highest BCUT2D eigenvalue weighted by Crippen LogP contribution is 2.48. The topological polar surface area (TPSA) is 114 Å². The van der Waals surface area contributed by atoms with Gasteiger partial charge in [-0.2, -0.15) is 5.10 Å². The second-order valence-corrected chi connectivity index (χ2v) is 10.7. The highest BCUT2D eigenvalue weighted by atomic mass is 19.1. The Balaban J connectivity index is 1.30. The van der Waals surface area contributed by atoms with E-state index in [-0.39, 0.29) is 46.9 Å². The van der Waals surface area contributed by atoms with Gasteiger partial charge in [-0.1, -0.05) is 30.3 Å². The molecule has 210 valence electrons. The van der Waals surface area contributed by atoms with E-state index in [1.165, 1.54) is 21.5 Å². The van der Waals surface area contributed by atoms with Crippen molar-refractivity contribution in [2.45, 2.75) is 31.5 Å². The maximum atomic E-state index is 15.3. The Labute approximate surface area is 238 Å². The average Bonchev–Trinajstić information content (AvgIpc) is 3.71. The van der Waals surface area contributed by atoms with Crippen LogP contribution in [0.1, 0.15) is 58.7 Å². The van der Waals surface area contributed by atoms with E-state index in [2.05, 4.69) is 20.1 Å². The van der Waals surface area contributed by atoms with Gasteiger partial charge in [-0.25, -0.2) is 28.2 Å². The monoisotopic (exact) mass is 566 g/mol. The molecule has 2 aliphatic rings. The minimum absolute atomic E-state index is 0.0547. The first-order valence-corrected chi connectivity index (χ1v) is 13.5. The van der Waals surface area contributed by atoms with Gasteiger partial charge < -0.3 is 10.0 Å². The van der Waals surface area contributed by atoms with Crippen LogP contribution in [-0.4, -0.2) is 53.0 Å². The summed E-state index contributed by atoms with van der Waals surface area (Å²) in [5, 5.41) is 13.8. The van der Waals surface area contributed by atoms with E-state index in [1.807, 2.05) is 19.1 Å². The summed E-state index contributed by atoms with van der Waals surface area (Å²) in [5.41, 5.74) is 3.08. The number of carboxylic acid groups (broad SMARTS) is 1. The number of hydrogen-bond donors (Lipinski definition) is 1. The smallest absolute Gasteiger partial charge is 0.307 e. The van der Waals surface area contributed by atoms with E-state index < -0.39 is 29.8 Å². The van der Waals surface area contributed by atoms with Crippen LogP contribution in [0, 0.1) is 11.7 Å². The van der Waals surface area contributed by atoms with Crippen molar-refractivity contribution in [2.24, 2.45) is 5.92 Å². The van der Waals surface area contributed by atoms with Gasteiger partial charge in [0.15, 0.2) is 11.5 Å². The summed E-state index contributed by atoms with van der Waals surface area (Å²) >= 11 is 0. The summed E-state index contributed by atoms with van der Waals surface area (Å²) < 4.78 is 31.9. The molecule has 1 N–H and O–H groups in total. The molecule has 5 aromatic rings. The molecule has 3 aromatic heterocycles. The van der Waals surface area contributed by atoms with Gasteiger partial charge in [0.05, 0.1) is 24.2 Å². The van der Waals surface area contributed by atoms with Gasteiger partial charge >= 0.3 is 5.97 Å². The lowest BCUT2D eigenvalue weighted by Gasteiger charge is -2.36. The predicted molar refractivity (Wildman–Crippen MR) is 148 cm³/mol. The molecule has 1 unspecified atom stereocenters. The number of carbonyl (C=O) groups is 2. The Kier molecular flexibility index (Phi) is 6.03. The Morgan fingerprint density at radius 2 is 1.76 bits per heavy atom. The van der Waals surface area contributed by atoms with Crippen molar-refractivity contribution in [3.8, 4) is 22.8 Å². The minimum Gasteiger partial charge on any atom is -0.481 e. The first-order valence-electron chi connectivity index (χ1n) is 13.5. The lowest BCUT2D eigenvalue weighted by Crippen LogP contribution is -2.40. The lowest BCUT2D eigenvalue weighted by molar-refractivity contribution is -0.138. The molecule has 4 heterocycles. The van der Waals surface area contributed by atoms with E-state index in [1.54, 1.807) is 48.8 Å². The lowest BCUT2D eigenvalue weighted by atomic mass is 9.92. The third-order valence-electron chi connectivity index (χ3n) is 8.11. The third kappa shape index (κ3) is 4.28. The summed E-state index contributed by atoms with van der Waals surface area (Å²) in [4.78, 5) is 39.7. The van der Waals surface area contributed by atoms with Crippen LogP contribution in [0.4, 0.5) is 8.78 Å². The second kappa shape index (κ2) is 9.79. The van der Waals surface area contributed by atoms with E-state index in [4.69, 9.17) is 0 Å². The van der Waals surface area contributed by atoms with E-state index in [9.17, 15) is 14.7 Å². The Hall–Kier alpha value is -5.06. The van der Waals surface area contributed by atoms with Crippen LogP contribution in [-0.2, 0) is 4.79 Å². The molecule has 9 nitrogen and oxygen atoms in total. The molecular formula is C31H24F2N6O3. The molecule has 0 saturated heterocycles. The van der Waals surface area contributed by atoms with Gasteiger partial charge in [0.25, 0.3) is 5.91 Å². The number of amides is 1. The van der Waals surface area contributed by atoms with Crippen LogP contribution in [0.3, 0.4) is 0 Å². The molecule has 11 heteroatoms. The number of rotatable bonds is 5. The fourth-order valence-electron chi connectivity index (χ4n) is 5.79. The van der Waals surface area contributed by atoms with Gasteiger partial charge in [0, 0.05) is 24.0 Å². The average molecular weight is 567 g/mol. The number of fused-ring (bicyclic) bond motifs is 2. The van der Waals surface area contributed by atoms with Crippen molar-refractivity contribution in [1.82, 2.24) is 29.5 Å². The number of aliphatic carboxylic acids is 1. The van der Waals surface area contributed by atoms with Crippen LogP contribution in [0.2, 0.25) is 0 Å². The number of halogens is 2. The summed E-state index contributed by atoms with van der Waals surface area (Å²) in [6, 6.07) is 16.1. The van der Waals surface area contributed by atoms with Gasteiger partial charge in [0.2, 0.25) is 0 Å². The zero-order valence-corrected chi connectivity index (χ0v) is 22.4. The molecule has 1 amide bonds. The zero-order chi connectivity index (χ0) is 29.1. The first kappa shape index (κ1) is 25.9. The van der Waals surface area contributed by atoms with Crippen LogP contribution >= 0.6 is 0 Å². The SMILES string of the molecule is C[C@@H]1c2ccccc2C(F)CN1C(=O)c1cc(-c2ncccn2)n2nc(-c3ccc([C@H]4C[C@@H]4C(=O)O)cc3F)cc2n1. The molecule has 42 heavy (non-hydrogen) atoms. The molecule has 1 aliphatic carbocycles. The molecule has 0 radical (unpaired) electrons. The maximum Gasteiger partial charge on any atom is 0.307 e. The molecule has 0 spiro atoms. The van der Waals surface area contributed by atoms with Gasteiger partial charge in [-0.05, 0) is 60.2 Å². The molecule has 7 rings (SSSR count). The number of carbonyl (C=O) groups excluding carboxylic acids is 1. The summed E-state index contributed by atoms with van der Waals surface area (Å²) in [6.45, 7) is 1.73. The predicted octanol–water partition coefficient (Wildman–Crippen LogP) is 5.41.